The smallest absolute Gasteiger partial charge is 0.251 e. The Balaban J connectivity index is 1.15. The van der Waals surface area contributed by atoms with Crippen LogP contribution in [0.4, 0.5) is 5.13 Å². The van der Waals surface area contributed by atoms with Crippen molar-refractivity contribution < 1.29 is 14.3 Å². The quantitative estimate of drug-likeness (QED) is 0.303. The van der Waals surface area contributed by atoms with Gasteiger partial charge >= 0.3 is 0 Å². The number of carbonyl (C=O) groups excluding carboxylic acids is 2. The van der Waals surface area contributed by atoms with Crippen molar-refractivity contribution in [3.05, 3.63) is 64.6 Å². The van der Waals surface area contributed by atoms with Crippen LogP contribution in [0, 0.1) is 0 Å². The maximum absolute atomic E-state index is 13.3. The minimum absolute atomic E-state index is 0.114. The number of carbonyl (C=O) groups is 2. The number of nitrogens with one attached hydrogen (secondary N) is 2. The predicted molar refractivity (Wildman–Crippen MR) is 171 cm³/mol. The third-order valence-electron chi connectivity index (χ3n) is 8.76. The Labute approximate surface area is 264 Å². The van der Waals surface area contributed by atoms with Gasteiger partial charge in [0, 0.05) is 61.2 Å². The molecule has 1 aliphatic heterocycles. The molecule has 2 fully saturated rings. The van der Waals surface area contributed by atoms with Crippen molar-refractivity contribution in [3.8, 4) is 27.5 Å². The molecular weight excluding hydrogens is 598 g/mol. The highest BCUT2D eigenvalue weighted by Crippen LogP contribution is 2.44. The van der Waals surface area contributed by atoms with E-state index in [9.17, 15) is 9.59 Å². The zero-order valence-electron chi connectivity index (χ0n) is 24.5. The maximum atomic E-state index is 13.3. The molecule has 2 N–H and O–H groups in total. The lowest BCUT2D eigenvalue weighted by Gasteiger charge is -2.38. The Morgan fingerprint density at radius 3 is 2.64 bits per heavy atom. The van der Waals surface area contributed by atoms with Crippen LogP contribution in [0.15, 0.2) is 42.7 Å². The summed E-state index contributed by atoms with van der Waals surface area (Å²) in [6, 6.07) is 10.0. The summed E-state index contributed by atoms with van der Waals surface area (Å²) in [6.07, 6.45) is 9.11. The molecule has 2 amide bonds. The Kier molecular flexibility index (Phi) is 8.19. The van der Waals surface area contributed by atoms with Gasteiger partial charge in [0.25, 0.3) is 5.91 Å². The van der Waals surface area contributed by atoms with Gasteiger partial charge in [-0.25, -0.2) is 9.67 Å². The van der Waals surface area contributed by atoms with Gasteiger partial charge in [-0.2, -0.15) is 5.10 Å². The van der Waals surface area contributed by atoms with Crippen LogP contribution in [0.5, 0.6) is 0 Å². The van der Waals surface area contributed by atoms with E-state index in [4.69, 9.17) is 26.4 Å². The third-order valence-corrected chi connectivity index (χ3v) is 10.1. The van der Waals surface area contributed by atoms with Crippen molar-refractivity contribution in [3.63, 3.8) is 0 Å². The first kappa shape index (κ1) is 29.1. The standard InChI is InChI=1S/C32H34ClN7O3S/c1-19(41)35-32-37-26-10-9-24-28(21-3-2-12-34-18-21)38-40(29(24)30(26)44-32)27-11-4-20(17-25(27)33)31(42)36-22-5-7-23(8-6-22)39-13-15-43-16-14-39/h2-4,11-12,17-18,22-23H,5-10,13-16H2,1H3,(H,36,42)(H,35,37,41). The summed E-state index contributed by atoms with van der Waals surface area (Å²) in [7, 11) is 0. The molecule has 10 nitrogen and oxygen atoms in total. The number of ether oxygens (including phenoxy) is 1. The molecule has 0 bridgehead atoms. The molecule has 12 heteroatoms. The van der Waals surface area contributed by atoms with Gasteiger partial charge in [0.1, 0.15) is 0 Å². The summed E-state index contributed by atoms with van der Waals surface area (Å²) in [5, 5.41) is 12.1. The molecule has 4 aromatic rings. The van der Waals surface area contributed by atoms with Gasteiger partial charge in [-0.15, -0.1) is 0 Å². The lowest BCUT2D eigenvalue weighted by molar-refractivity contribution is -0.114. The van der Waals surface area contributed by atoms with E-state index in [0.29, 0.717) is 27.4 Å². The Morgan fingerprint density at radius 1 is 1.09 bits per heavy atom. The lowest BCUT2D eigenvalue weighted by atomic mass is 9.89. The number of morpholine rings is 1. The van der Waals surface area contributed by atoms with E-state index in [-0.39, 0.29) is 17.9 Å². The molecule has 0 unspecified atom stereocenters. The molecule has 1 saturated heterocycles. The van der Waals surface area contributed by atoms with E-state index in [2.05, 4.69) is 20.5 Å². The summed E-state index contributed by atoms with van der Waals surface area (Å²) >= 11 is 8.35. The minimum atomic E-state index is -0.164. The van der Waals surface area contributed by atoms with Crippen molar-refractivity contribution in [1.29, 1.82) is 0 Å². The fraction of sp³-hybridized carbons (Fsp3) is 0.406. The van der Waals surface area contributed by atoms with Crippen LogP contribution >= 0.6 is 22.9 Å². The molecule has 3 aromatic heterocycles. The molecule has 0 radical (unpaired) electrons. The molecule has 7 rings (SSSR count). The second kappa shape index (κ2) is 12.4. The molecular formula is C32H34ClN7O3S. The number of pyridine rings is 1. The van der Waals surface area contributed by atoms with Crippen molar-refractivity contribution in [2.45, 2.75) is 57.5 Å². The van der Waals surface area contributed by atoms with E-state index in [1.807, 2.05) is 28.9 Å². The molecule has 0 spiro atoms. The molecule has 3 aliphatic rings. The van der Waals surface area contributed by atoms with Gasteiger partial charge in [-0.1, -0.05) is 22.9 Å². The fourth-order valence-corrected chi connectivity index (χ4v) is 7.98. The van der Waals surface area contributed by atoms with Crippen LogP contribution in [0.3, 0.4) is 0 Å². The number of amides is 2. The first-order valence-corrected chi connectivity index (χ1v) is 16.4. The lowest BCUT2D eigenvalue weighted by Crippen LogP contribution is -2.47. The zero-order valence-corrected chi connectivity index (χ0v) is 26.1. The summed E-state index contributed by atoms with van der Waals surface area (Å²) < 4.78 is 7.35. The van der Waals surface area contributed by atoms with E-state index in [0.717, 1.165) is 97.9 Å². The highest BCUT2D eigenvalue weighted by Gasteiger charge is 2.31. The van der Waals surface area contributed by atoms with Crippen molar-refractivity contribution in [1.82, 2.24) is 30.0 Å². The second-order valence-corrected chi connectivity index (χ2v) is 13.0. The number of hydrogen-bond donors (Lipinski definition) is 2. The number of anilines is 1. The maximum Gasteiger partial charge on any atom is 0.251 e. The average molecular weight is 632 g/mol. The van der Waals surface area contributed by atoms with E-state index >= 15 is 0 Å². The van der Waals surface area contributed by atoms with Gasteiger partial charge in [0.15, 0.2) is 5.13 Å². The number of hydrogen-bond acceptors (Lipinski definition) is 8. The number of nitrogens with zero attached hydrogens (tertiary/aromatic N) is 5. The number of halogens is 1. The molecule has 2 aliphatic carbocycles. The molecule has 4 heterocycles. The number of aromatic nitrogens is 4. The number of rotatable bonds is 6. The fourth-order valence-electron chi connectivity index (χ4n) is 6.60. The first-order valence-electron chi connectivity index (χ1n) is 15.2. The van der Waals surface area contributed by atoms with E-state index in [1.54, 1.807) is 18.5 Å². The first-order chi connectivity index (χ1) is 21.4. The monoisotopic (exact) mass is 631 g/mol. The van der Waals surface area contributed by atoms with Crippen LogP contribution < -0.4 is 10.6 Å². The van der Waals surface area contributed by atoms with E-state index < -0.39 is 0 Å². The topological polar surface area (TPSA) is 114 Å². The summed E-state index contributed by atoms with van der Waals surface area (Å²) in [6.45, 7) is 5.09. The molecule has 1 saturated carbocycles. The molecule has 1 aromatic carbocycles. The molecule has 0 atom stereocenters. The van der Waals surface area contributed by atoms with Crippen LogP contribution in [-0.2, 0) is 22.4 Å². The van der Waals surface area contributed by atoms with E-state index in [1.165, 1.54) is 18.3 Å². The average Bonchev–Trinajstić information content (AvgIpc) is 3.63. The minimum Gasteiger partial charge on any atom is -0.379 e. The number of benzene rings is 1. The molecule has 228 valence electrons. The van der Waals surface area contributed by atoms with Crippen LogP contribution in [0.2, 0.25) is 5.02 Å². The van der Waals surface area contributed by atoms with Gasteiger partial charge in [0.2, 0.25) is 5.91 Å². The second-order valence-electron chi connectivity index (χ2n) is 11.6. The zero-order chi connectivity index (χ0) is 30.2. The van der Waals surface area contributed by atoms with Crippen LogP contribution in [0.25, 0.3) is 27.5 Å². The van der Waals surface area contributed by atoms with Crippen molar-refractivity contribution >= 4 is 39.9 Å². The summed E-state index contributed by atoms with van der Waals surface area (Å²) in [4.78, 5) is 37.6. The van der Waals surface area contributed by atoms with Gasteiger partial charge in [-0.3, -0.25) is 19.5 Å². The largest absolute Gasteiger partial charge is 0.379 e. The number of thiazole rings is 1. The predicted octanol–water partition coefficient (Wildman–Crippen LogP) is 5.14. The Hall–Kier alpha value is -3.64. The van der Waals surface area contributed by atoms with Crippen molar-refractivity contribution in [2.24, 2.45) is 0 Å². The normalized spacial score (nSPS) is 20.0. The van der Waals surface area contributed by atoms with Gasteiger partial charge < -0.3 is 15.4 Å². The number of fused-ring (bicyclic) bond motifs is 3. The van der Waals surface area contributed by atoms with Gasteiger partial charge in [-0.05, 0) is 68.9 Å². The highest BCUT2D eigenvalue weighted by atomic mass is 35.5. The Bertz CT molecular complexity index is 1690. The number of aryl methyl sites for hydroxylation is 1. The molecule has 44 heavy (non-hydrogen) atoms. The SMILES string of the molecule is CC(=O)Nc1nc2c(s1)-c1c(c(-c3cccnc3)nn1-c1ccc(C(=O)NC3CCC(N4CCOCC4)CC3)cc1Cl)CC2. The van der Waals surface area contributed by atoms with Crippen LogP contribution in [-0.4, -0.2) is 74.8 Å². The Morgan fingerprint density at radius 2 is 1.91 bits per heavy atom. The van der Waals surface area contributed by atoms with Crippen LogP contribution in [0.1, 0.15) is 54.2 Å². The summed E-state index contributed by atoms with van der Waals surface area (Å²) in [5.41, 5.74) is 5.83. The van der Waals surface area contributed by atoms with Gasteiger partial charge in [0.05, 0.1) is 45.9 Å². The summed E-state index contributed by atoms with van der Waals surface area (Å²) in [5.74, 6) is -0.278. The van der Waals surface area contributed by atoms with Crippen molar-refractivity contribution in [2.75, 3.05) is 31.6 Å². The highest BCUT2D eigenvalue weighted by molar-refractivity contribution is 7.19. The third kappa shape index (κ3) is 5.77.